The molecule has 5 amide bonds. The number of carbonyl (C=O) groups is 5. The zero-order valence-electron chi connectivity index (χ0n) is 47.4. The molecule has 0 radical (unpaired) electrons. The Labute approximate surface area is 510 Å². The lowest BCUT2D eigenvalue weighted by Crippen LogP contribution is -2.36. The van der Waals surface area contributed by atoms with Crippen molar-refractivity contribution in [3.05, 3.63) is 190 Å². The Kier molecular flexibility index (Phi) is 23.4. The third-order valence-electron chi connectivity index (χ3n) is 13.3. The number of hydrogen-bond donors (Lipinski definition) is 3. The summed E-state index contributed by atoms with van der Waals surface area (Å²) in [4.78, 5) is 75.0. The lowest BCUT2D eigenvalue weighted by Gasteiger charge is -2.24. The maximum atomic E-state index is 14.4. The molecule has 0 atom stereocenters. The first kappa shape index (κ1) is 62.6. The molecule has 2 aliphatic rings. The molecule has 0 unspecified atom stereocenters. The van der Waals surface area contributed by atoms with E-state index in [-0.39, 0.29) is 96.6 Å². The van der Waals surface area contributed by atoms with Crippen LogP contribution in [0.4, 0.5) is 4.79 Å². The monoisotopic (exact) mass is 1210 g/mol. The second-order valence-electron chi connectivity index (χ2n) is 20.7. The molecule has 16 nitrogen and oxygen atoms in total. The summed E-state index contributed by atoms with van der Waals surface area (Å²) in [7, 11) is 0. The van der Waals surface area contributed by atoms with Crippen LogP contribution in [-0.4, -0.2) is 123 Å². The highest BCUT2D eigenvalue weighted by Crippen LogP contribution is 2.40. The maximum absolute atomic E-state index is 14.4. The molecule has 2 aliphatic heterocycles. The van der Waals surface area contributed by atoms with Crippen LogP contribution in [0, 0.1) is 0 Å². The first-order valence-electron chi connectivity index (χ1n) is 28.0. The van der Waals surface area contributed by atoms with Crippen molar-refractivity contribution in [3.63, 3.8) is 0 Å². The van der Waals surface area contributed by atoms with Crippen LogP contribution in [0.2, 0.25) is 0 Å². The molecule has 2 saturated heterocycles. The van der Waals surface area contributed by atoms with Gasteiger partial charge in [0.05, 0.1) is 22.3 Å². The summed E-state index contributed by atoms with van der Waals surface area (Å²) in [6.45, 7) is 9.35. The van der Waals surface area contributed by atoms with Gasteiger partial charge in [-0.1, -0.05) is 169 Å². The van der Waals surface area contributed by atoms with E-state index >= 15 is 0 Å². The summed E-state index contributed by atoms with van der Waals surface area (Å²) in [5.41, 5.74) is 3.63. The van der Waals surface area contributed by atoms with Gasteiger partial charge in [0.25, 0.3) is 23.6 Å². The molecule has 0 bridgehead atoms. The standard InChI is InChI=1S/C64H70N6O10S4/c1-64(2,3)80-61(75)67-33-18-36-68(34-16-31-65-57(71)49-27-29-51(59(73)69-37-39-83-62(69)81)55(78-43-47-23-12-6-13-24-47)53(49)76-41-45-19-8-4-9-20-45)35-17-32-66-58(72)50-28-30-52(60(74)70-38-40-84-63(70)82)56(79-44-48-25-14-7-15-26-48)54(50)77-42-46-21-10-5-11-22-46/h4-15,19-30H,16-18,31-44H2,1-3H3,(H,65,71)(H,66,72)(H,67,75). The molecule has 440 valence electrons. The molecule has 84 heavy (non-hydrogen) atoms. The number of amides is 5. The number of benzene rings is 6. The molecule has 2 fully saturated rings. The highest BCUT2D eigenvalue weighted by Gasteiger charge is 2.33. The van der Waals surface area contributed by atoms with E-state index in [1.807, 2.05) is 142 Å². The number of thioether (sulfide) groups is 2. The molecular weight excluding hydrogens is 1140 g/mol. The average molecular weight is 1210 g/mol. The van der Waals surface area contributed by atoms with Crippen LogP contribution < -0.4 is 34.9 Å². The van der Waals surface area contributed by atoms with Gasteiger partial charge in [-0.25, -0.2) is 4.79 Å². The van der Waals surface area contributed by atoms with Gasteiger partial charge in [-0.05, 0) is 106 Å². The van der Waals surface area contributed by atoms with E-state index < -0.39 is 23.5 Å². The van der Waals surface area contributed by atoms with E-state index in [0.29, 0.717) is 78.7 Å². The van der Waals surface area contributed by atoms with Crippen molar-refractivity contribution in [3.8, 4) is 23.0 Å². The lowest BCUT2D eigenvalue weighted by molar-refractivity contribution is 0.0524. The summed E-state index contributed by atoms with van der Waals surface area (Å²) in [5, 5.41) is 9.01. The molecule has 6 aromatic carbocycles. The molecule has 0 spiro atoms. The van der Waals surface area contributed by atoms with Crippen LogP contribution in [0.3, 0.4) is 0 Å². The second-order valence-corrected chi connectivity index (χ2v) is 24.2. The number of carbonyl (C=O) groups excluding carboxylic acids is 5. The van der Waals surface area contributed by atoms with Crippen molar-refractivity contribution in [2.24, 2.45) is 0 Å². The van der Waals surface area contributed by atoms with E-state index in [2.05, 4.69) is 20.9 Å². The Hall–Kier alpha value is -7.49. The minimum atomic E-state index is -0.650. The Morgan fingerprint density at radius 1 is 0.464 bits per heavy atom. The number of nitrogens with zero attached hydrogens (tertiary/aromatic N) is 3. The number of hydrogen-bond acceptors (Lipinski definition) is 15. The van der Waals surface area contributed by atoms with Crippen LogP contribution in [-0.2, 0) is 31.2 Å². The lowest BCUT2D eigenvalue weighted by atomic mass is 10.1. The molecule has 0 aromatic heterocycles. The molecule has 0 aliphatic carbocycles. The quantitative estimate of drug-likeness (QED) is 0.0312. The van der Waals surface area contributed by atoms with Gasteiger partial charge in [-0.2, -0.15) is 0 Å². The third-order valence-corrected chi connectivity index (χ3v) is 16.1. The van der Waals surface area contributed by atoms with Gasteiger partial charge in [-0.3, -0.25) is 29.0 Å². The molecule has 8 rings (SSSR count). The van der Waals surface area contributed by atoms with E-state index in [1.54, 1.807) is 34.1 Å². The van der Waals surface area contributed by atoms with Gasteiger partial charge in [0.2, 0.25) is 0 Å². The largest absolute Gasteiger partial charge is 0.484 e. The van der Waals surface area contributed by atoms with E-state index in [1.165, 1.54) is 23.5 Å². The predicted molar refractivity (Wildman–Crippen MR) is 337 cm³/mol. The van der Waals surface area contributed by atoms with Crippen molar-refractivity contribution < 1.29 is 47.7 Å². The highest BCUT2D eigenvalue weighted by atomic mass is 32.2. The SMILES string of the molecule is CC(C)(C)OC(=O)NCCCN(CCCNC(=O)c1ccc(C(=O)N2CCSC2=S)c(OCc2ccccc2)c1OCc1ccccc1)CCCNC(=O)c1ccc(C(=O)N2CCSC2=S)c(OCc2ccccc2)c1OCc1ccccc1. The predicted octanol–water partition coefficient (Wildman–Crippen LogP) is 11.1. The van der Waals surface area contributed by atoms with Crippen molar-refractivity contribution in [1.29, 1.82) is 0 Å². The van der Waals surface area contributed by atoms with Gasteiger partial charge in [0.1, 0.15) is 40.7 Å². The fraction of sp³-hybridized carbons (Fsp3) is 0.328. The fourth-order valence-corrected chi connectivity index (χ4v) is 11.5. The van der Waals surface area contributed by atoms with Crippen LogP contribution in [0.15, 0.2) is 146 Å². The summed E-state index contributed by atoms with van der Waals surface area (Å²) < 4.78 is 32.3. The second kappa shape index (κ2) is 31.4. The average Bonchev–Trinajstić information content (AvgIpc) is 2.90. The van der Waals surface area contributed by atoms with E-state index in [9.17, 15) is 24.0 Å². The zero-order valence-corrected chi connectivity index (χ0v) is 50.7. The van der Waals surface area contributed by atoms with Gasteiger partial charge in [0, 0.05) is 44.2 Å². The molecule has 0 saturated carbocycles. The zero-order chi connectivity index (χ0) is 59.3. The van der Waals surface area contributed by atoms with Crippen LogP contribution in [0.5, 0.6) is 23.0 Å². The van der Waals surface area contributed by atoms with Gasteiger partial charge in [-0.15, -0.1) is 0 Å². The van der Waals surface area contributed by atoms with Gasteiger partial charge in [0.15, 0.2) is 23.0 Å². The number of nitrogens with one attached hydrogen (secondary N) is 3. The Morgan fingerprint density at radius 2 is 0.774 bits per heavy atom. The van der Waals surface area contributed by atoms with Crippen molar-refractivity contribution in [2.45, 2.75) is 72.1 Å². The van der Waals surface area contributed by atoms with E-state index in [4.69, 9.17) is 48.1 Å². The molecule has 6 aromatic rings. The number of ether oxygens (including phenoxy) is 5. The molecule has 20 heteroatoms. The Morgan fingerprint density at radius 3 is 1.08 bits per heavy atom. The smallest absolute Gasteiger partial charge is 0.407 e. The minimum absolute atomic E-state index is 0.102. The summed E-state index contributed by atoms with van der Waals surface area (Å²) in [6.07, 6.45) is 1.16. The Balaban J connectivity index is 0.973. The van der Waals surface area contributed by atoms with Gasteiger partial charge >= 0.3 is 6.09 Å². The normalized spacial score (nSPS) is 13.1. The number of alkyl carbamates (subject to hydrolysis) is 1. The van der Waals surface area contributed by atoms with Crippen LogP contribution in [0.1, 0.15) is 104 Å². The van der Waals surface area contributed by atoms with E-state index in [0.717, 1.165) is 22.3 Å². The summed E-state index contributed by atoms with van der Waals surface area (Å²) in [5.74, 6) is 0.402. The van der Waals surface area contributed by atoms with Crippen molar-refractivity contribution >= 4 is 86.3 Å². The van der Waals surface area contributed by atoms with Crippen molar-refractivity contribution in [2.75, 3.05) is 63.9 Å². The summed E-state index contributed by atoms with van der Waals surface area (Å²) in [6, 6.07) is 44.6. The van der Waals surface area contributed by atoms with Crippen LogP contribution in [0.25, 0.3) is 0 Å². The number of thiocarbonyl (C=S) groups is 2. The highest BCUT2D eigenvalue weighted by molar-refractivity contribution is 8.23. The van der Waals surface area contributed by atoms with Crippen molar-refractivity contribution in [1.82, 2.24) is 30.7 Å². The third kappa shape index (κ3) is 18.3. The first-order chi connectivity index (χ1) is 40.7. The van der Waals surface area contributed by atoms with Crippen LogP contribution >= 0.6 is 48.0 Å². The molecule has 3 N–H and O–H groups in total. The summed E-state index contributed by atoms with van der Waals surface area (Å²) >= 11 is 14.0. The molecule has 2 heterocycles. The first-order valence-corrected chi connectivity index (χ1v) is 30.7. The van der Waals surface area contributed by atoms with Gasteiger partial charge < -0.3 is 44.5 Å². The maximum Gasteiger partial charge on any atom is 0.407 e. The molecular formula is C64H70N6O10S4. The Bertz CT molecular complexity index is 3030. The minimum Gasteiger partial charge on any atom is -0.484 e. The number of rotatable bonds is 28. The fourth-order valence-electron chi connectivity index (χ4n) is 9.10. The topological polar surface area (TPSA) is 177 Å².